The van der Waals surface area contributed by atoms with Gasteiger partial charge >= 0.3 is 19.8 Å². The summed E-state index contributed by atoms with van der Waals surface area (Å²) in [6.07, 6.45) is 41.0. The van der Waals surface area contributed by atoms with Gasteiger partial charge in [-0.25, -0.2) is 4.57 Å². The van der Waals surface area contributed by atoms with Gasteiger partial charge in [0.1, 0.15) is 43.2 Å². The number of phosphoric ester groups is 1. The molecule has 14 heteroatoms. The molecule has 0 saturated heterocycles. The first kappa shape index (κ1) is 66.3. The number of unbranched alkanes of at least 4 members (excludes halogenated alkanes) is 33. The van der Waals surface area contributed by atoms with Crippen LogP contribution in [0.15, 0.2) is 24.3 Å². The molecule has 1 rings (SSSR count). The number of ether oxygens (including phenoxy) is 2. The van der Waals surface area contributed by atoms with Crippen LogP contribution in [0.25, 0.3) is 0 Å². The molecule has 412 valence electrons. The van der Waals surface area contributed by atoms with Crippen molar-refractivity contribution in [2.45, 2.75) is 307 Å². The highest BCUT2D eigenvalue weighted by atomic mass is 31.2. The lowest BCUT2D eigenvalue weighted by Gasteiger charge is -2.41. The summed E-state index contributed by atoms with van der Waals surface area (Å²) < 4.78 is 33.7. The van der Waals surface area contributed by atoms with Gasteiger partial charge in [-0.3, -0.25) is 18.6 Å². The van der Waals surface area contributed by atoms with E-state index in [-0.39, 0.29) is 12.8 Å². The minimum atomic E-state index is -5.13. The molecule has 0 aromatic carbocycles. The van der Waals surface area contributed by atoms with E-state index in [9.17, 15) is 44.6 Å². The highest BCUT2D eigenvalue weighted by Gasteiger charge is 2.51. The van der Waals surface area contributed by atoms with Crippen LogP contribution in [-0.2, 0) is 32.7 Å². The van der Waals surface area contributed by atoms with E-state index in [1.807, 2.05) is 6.08 Å². The molecule has 0 aliphatic heterocycles. The van der Waals surface area contributed by atoms with Crippen molar-refractivity contribution >= 4 is 19.8 Å². The predicted octanol–water partition coefficient (Wildman–Crippen LogP) is 13.1. The van der Waals surface area contributed by atoms with Gasteiger partial charge in [-0.2, -0.15) is 0 Å². The molecule has 13 nitrogen and oxygen atoms in total. The molecule has 8 atom stereocenters. The summed E-state index contributed by atoms with van der Waals surface area (Å²) in [6, 6.07) is 0. The maximum atomic E-state index is 12.9. The lowest BCUT2D eigenvalue weighted by molar-refractivity contribution is -0.220. The van der Waals surface area contributed by atoms with E-state index in [4.69, 9.17) is 18.5 Å². The number of allylic oxidation sites excluding steroid dienone is 4. The molecule has 0 heterocycles. The molecule has 6 N–H and O–H groups in total. The Morgan fingerprint density at radius 1 is 0.429 bits per heavy atom. The Morgan fingerprint density at radius 2 is 0.757 bits per heavy atom. The van der Waals surface area contributed by atoms with Crippen LogP contribution in [0.2, 0.25) is 0 Å². The maximum Gasteiger partial charge on any atom is 0.472 e. The van der Waals surface area contributed by atoms with Crippen LogP contribution in [0.1, 0.15) is 264 Å². The molecule has 0 bridgehead atoms. The smallest absolute Gasteiger partial charge is 0.462 e. The summed E-state index contributed by atoms with van der Waals surface area (Å²) in [6.45, 7) is 3.33. The fourth-order valence-corrected chi connectivity index (χ4v) is 9.93. The highest BCUT2D eigenvalue weighted by molar-refractivity contribution is 7.47. The first-order chi connectivity index (χ1) is 33.9. The Labute approximate surface area is 426 Å². The highest BCUT2D eigenvalue weighted by Crippen LogP contribution is 2.47. The van der Waals surface area contributed by atoms with Gasteiger partial charge in [0, 0.05) is 12.8 Å². The maximum absolute atomic E-state index is 12.9. The molecule has 6 unspecified atom stereocenters. The van der Waals surface area contributed by atoms with Gasteiger partial charge in [-0.1, -0.05) is 231 Å². The second kappa shape index (κ2) is 45.9. The first-order valence-corrected chi connectivity index (χ1v) is 30.1. The van der Waals surface area contributed by atoms with E-state index in [1.165, 1.54) is 180 Å². The Morgan fingerprint density at radius 3 is 1.17 bits per heavy atom. The number of esters is 2. The summed E-state index contributed by atoms with van der Waals surface area (Å²) in [4.78, 5) is 35.9. The van der Waals surface area contributed by atoms with Gasteiger partial charge in [0.2, 0.25) is 0 Å². The third-order valence-electron chi connectivity index (χ3n) is 13.5. The van der Waals surface area contributed by atoms with Crippen molar-refractivity contribution in [1.29, 1.82) is 0 Å². The minimum absolute atomic E-state index is 0.0407. The van der Waals surface area contributed by atoms with Crippen LogP contribution in [0.3, 0.4) is 0 Å². The lowest BCUT2D eigenvalue weighted by Crippen LogP contribution is -2.64. The largest absolute Gasteiger partial charge is 0.472 e. The third kappa shape index (κ3) is 37.1. The Kier molecular flexibility index (Phi) is 43.5. The summed E-state index contributed by atoms with van der Waals surface area (Å²) in [5.41, 5.74) is 0. The number of phosphoric acid groups is 1. The molecule has 1 aliphatic carbocycles. The van der Waals surface area contributed by atoms with Crippen molar-refractivity contribution in [2.75, 3.05) is 13.2 Å². The van der Waals surface area contributed by atoms with Gasteiger partial charge in [0.15, 0.2) is 6.10 Å². The molecular formula is C56H105O13P. The van der Waals surface area contributed by atoms with Crippen molar-refractivity contribution in [3.05, 3.63) is 24.3 Å². The Hall–Kier alpha value is -1.67. The normalized spacial score (nSPS) is 20.9. The number of aliphatic hydroxyl groups is 5. The van der Waals surface area contributed by atoms with Crippen molar-refractivity contribution in [1.82, 2.24) is 0 Å². The lowest BCUT2D eigenvalue weighted by atomic mass is 9.85. The van der Waals surface area contributed by atoms with Crippen LogP contribution < -0.4 is 0 Å². The summed E-state index contributed by atoms with van der Waals surface area (Å²) in [5, 5.41) is 50.4. The topological polar surface area (TPSA) is 210 Å². The molecule has 0 aromatic rings. The summed E-state index contributed by atoms with van der Waals surface area (Å²) >= 11 is 0. The second-order valence-corrected chi connectivity index (χ2v) is 21.5. The van der Waals surface area contributed by atoms with Crippen LogP contribution >= 0.6 is 7.82 Å². The van der Waals surface area contributed by atoms with E-state index in [1.54, 1.807) is 0 Å². The van der Waals surface area contributed by atoms with Crippen molar-refractivity contribution < 1.29 is 63.1 Å². The van der Waals surface area contributed by atoms with E-state index in [0.29, 0.717) is 19.3 Å². The molecule has 0 aromatic heterocycles. The van der Waals surface area contributed by atoms with Gasteiger partial charge < -0.3 is 39.9 Å². The predicted molar refractivity (Wildman–Crippen MR) is 281 cm³/mol. The van der Waals surface area contributed by atoms with Gasteiger partial charge in [-0.05, 0) is 44.9 Å². The summed E-state index contributed by atoms with van der Waals surface area (Å²) in [7, 11) is -5.13. The average Bonchev–Trinajstić information content (AvgIpc) is 3.34. The van der Waals surface area contributed by atoms with Crippen LogP contribution in [0, 0.1) is 0 Å². The minimum Gasteiger partial charge on any atom is -0.462 e. The molecule has 1 saturated carbocycles. The van der Waals surface area contributed by atoms with Gasteiger partial charge in [0.25, 0.3) is 0 Å². The van der Waals surface area contributed by atoms with Crippen LogP contribution in [0.4, 0.5) is 0 Å². The summed E-state index contributed by atoms with van der Waals surface area (Å²) in [5.74, 6) is -1.13. The number of hydrogen-bond acceptors (Lipinski definition) is 12. The van der Waals surface area contributed by atoms with E-state index in [2.05, 4.69) is 32.1 Å². The van der Waals surface area contributed by atoms with Crippen LogP contribution in [0.5, 0.6) is 0 Å². The monoisotopic (exact) mass is 1020 g/mol. The quantitative estimate of drug-likeness (QED) is 0.0145. The fraction of sp³-hybridized carbons (Fsp3) is 0.893. The Balaban J connectivity index is 2.36. The van der Waals surface area contributed by atoms with Gasteiger partial charge in [-0.15, -0.1) is 0 Å². The van der Waals surface area contributed by atoms with Crippen molar-refractivity contribution in [3.8, 4) is 0 Å². The molecule has 0 amide bonds. The fourth-order valence-electron chi connectivity index (χ4n) is 8.96. The number of rotatable bonds is 49. The molecule has 1 aliphatic rings. The van der Waals surface area contributed by atoms with Gasteiger partial charge in [0.05, 0.1) is 6.61 Å². The zero-order valence-electron chi connectivity index (χ0n) is 44.3. The number of carbonyl (C=O) groups is 2. The average molecular weight is 1020 g/mol. The zero-order chi connectivity index (χ0) is 51.3. The van der Waals surface area contributed by atoms with Crippen molar-refractivity contribution in [2.24, 2.45) is 0 Å². The number of aliphatic hydroxyl groups excluding tert-OH is 5. The number of carbonyl (C=O) groups excluding carboxylic acids is 2. The Bertz CT molecular complexity index is 1310. The van der Waals surface area contributed by atoms with E-state index in [0.717, 1.165) is 38.5 Å². The SMILES string of the molecule is CCCCCCCCCCCCCCCC/C=C/CC/C=C/CCCC(=O)O[C@H](COC(=O)CCCCCCCCCCCCCCCCCCCC)COP(=O)(O)OC1C(O)C(O)C(O)[C@@H](O)C1O. The van der Waals surface area contributed by atoms with Crippen LogP contribution in [-0.4, -0.2) is 98.3 Å². The first-order valence-electron chi connectivity index (χ1n) is 28.6. The molecule has 0 spiro atoms. The molecule has 0 radical (unpaired) electrons. The standard InChI is InChI=1S/C56H105O13P/c1-3-5-7-9-11-13-15-17-19-21-23-24-25-26-27-29-31-33-35-37-39-41-43-45-50(58)68-48(47-67-70(64,65)69-56-54(62)52(60)51(59)53(61)55(56)63)46-66-49(57)44-42-40-38-36-34-32-30-28-22-20-18-16-14-12-10-8-6-4-2/h29,31,37,39,48,51-56,59-63H,3-28,30,32-36,38,40-47H2,1-2H3,(H,64,65)/b31-29+,39-37+/t48-,51?,52-,53?,54?,55?,56?/m1/s1. The second-order valence-electron chi connectivity index (χ2n) is 20.1. The van der Waals surface area contributed by atoms with E-state index < -0.39 is 75.7 Å². The number of hydrogen-bond donors (Lipinski definition) is 6. The molecular weight excluding hydrogens is 912 g/mol. The zero-order valence-corrected chi connectivity index (χ0v) is 45.2. The third-order valence-corrected chi connectivity index (χ3v) is 14.5. The van der Waals surface area contributed by atoms with Crippen molar-refractivity contribution in [3.63, 3.8) is 0 Å². The molecule has 1 fully saturated rings. The molecule has 70 heavy (non-hydrogen) atoms. The van der Waals surface area contributed by atoms with E-state index >= 15 is 0 Å².